The van der Waals surface area contributed by atoms with Crippen molar-refractivity contribution in [1.82, 2.24) is 5.32 Å². The Labute approximate surface area is 104 Å². The fourth-order valence-electron chi connectivity index (χ4n) is 1.05. The van der Waals surface area contributed by atoms with Crippen molar-refractivity contribution in [2.75, 3.05) is 6.54 Å². The van der Waals surface area contributed by atoms with Crippen molar-refractivity contribution in [3.63, 3.8) is 0 Å². The number of carbonyl (C=O) groups excluding carboxylic acids is 1. The molecule has 0 aliphatic carbocycles. The third-order valence-corrected chi connectivity index (χ3v) is 2.48. The number of alkyl halides is 3. The first-order valence-electron chi connectivity index (χ1n) is 4.45. The van der Waals surface area contributed by atoms with Crippen molar-refractivity contribution >= 4 is 28.5 Å². The lowest BCUT2D eigenvalue weighted by molar-refractivity contribution is -0.138. The summed E-state index contributed by atoms with van der Waals surface area (Å²) in [7, 11) is 0. The lowest BCUT2D eigenvalue weighted by atomic mass is 10.1. The molecule has 0 heterocycles. The summed E-state index contributed by atoms with van der Waals surface area (Å²) in [6.45, 7) is -1.28. The summed E-state index contributed by atoms with van der Waals surface area (Å²) < 4.78 is 36.4. The zero-order valence-electron chi connectivity index (χ0n) is 8.14. The molecule has 1 N–H and O–H groups in total. The highest BCUT2D eigenvalue weighted by molar-refractivity contribution is 14.1. The van der Waals surface area contributed by atoms with Gasteiger partial charge in [0.05, 0.1) is 6.42 Å². The molecule has 6 heteroatoms. The van der Waals surface area contributed by atoms with E-state index in [2.05, 4.69) is 22.6 Å². The molecular weight excluding hydrogens is 334 g/mol. The molecule has 1 aromatic rings. The zero-order chi connectivity index (χ0) is 12.2. The van der Waals surface area contributed by atoms with Crippen LogP contribution in [0, 0.1) is 3.57 Å². The molecule has 0 radical (unpaired) electrons. The van der Waals surface area contributed by atoms with E-state index in [9.17, 15) is 18.0 Å². The lowest BCUT2D eigenvalue weighted by Crippen LogP contribution is -2.34. The van der Waals surface area contributed by atoms with E-state index in [1.54, 1.807) is 24.3 Å². The van der Waals surface area contributed by atoms with E-state index in [-0.39, 0.29) is 6.42 Å². The largest absolute Gasteiger partial charge is 0.405 e. The van der Waals surface area contributed by atoms with Crippen LogP contribution in [0.25, 0.3) is 0 Å². The van der Waals surface area contributed by atoms with E-state index in [1.807, 2.05) is 5.32 Å². The highest BCUT2D eigenvalue weighted by Crippen LogP contribution is 2.12. The highest BCUT2D eigenvalue weighted by Gasteiger charge is 2.27. The number of halogens is 4. The van der Waals surface area contributed by atoms with Crippen LogP contribution in [0.1, 0.15) is 5.56 Å². The van der Waals surface area contributed by atoms with Gasteiger partial charge in [-0.3, -0.25) is 4.79 Å². The second-order valence-electron chi connectivity index (χ2n) is 3.20. The Hall–Kier alpha value is -0.790. The van der Waals surface area contributed by atoms with Crippen LogP contribution in [0.3, 0.4) is 0 Å². The first kappa shape index (κ1) is 13.3. The second kappa shape index (κ2) is 5.51. The van der Waals surface area contributed by atoms with Gasteiger partial charge in [-0.2, -0.15) is 13.2 Å². The van der Waals surface area contributed by atoms with Gasteiger partial charge in [-0.1, -0.05) is 12.1 Å². The second-order valence-corrected chi connectivity index (χ2v) is 4.44. The molecule has 16 heavy (non-hydrogen) atoms. The van der Waals surface area contributed by atoms with Gasteiger partial charge in [-0.05, 0) is 40.3 Å². The average Bonchev–Trinajstić information content (AvgIpc) is 2.18. The van der Waals surface area contributed by atoms with Crippen molar-refractivity contribution in [3.8, 4) is 0 Å². The number of benzene rings is 1. The molecular formula is C10H9F3INO. The van der Waals surface area contributed by atoms with E-state index < -0.39 is 18.6 Å². The summed E-state index contributed by atoms with van der Waals surface area (Å²) in [6.07, 6.45) is -4.39. The van der Waals surface area contributed by atoms with Gasteiger partial charge in [0.15, 0.2) is 0 Å². The van der Waals surface area contributed by atoms with Crippen molar-refractivity contribution in [3.05, 3.63) is 33.4 Å². The smallest absolute Gasteiger partial charge is 0.347 e. The van der Waals surface area contributed by atoms with Crippen LogP contribution in [0.5, 0.6) is 0 Å². The van der Waals surface area contributed by atoms with Crippen molar-refractivity contribution < 1.29 is 18.0 Å². The summed E-state index contributed by atoms with van der Waals surface area (Å²) in [5.74, 6) is -0.626. The van der Waals surface area contributed by atoms with Gasteiger partial charge in [0.1, 0.15) is 6.54 Å². The molecule has 0 aliphatic heterocycles. The number of nitrogens with one attached hydrogen (secondary N) is 1. The molecule has 0 fully saturated rings. The van der Waals surface area contributed by atoms with E-state index in [1.165, 1.54) is 0 Å². The Kier molecular flexibility index (Phi) is 4.57. The van der Waals surface area contributed by atoms with Gasteiger partial charge in [0.25, 0.3) is 0 Å². The SMILES string of the molecule is O=C(Cc1ccc(I)cc1)NCC(F)(F)F. The van der Waals surface area contributed by atoms with Crippen LogP contribution in [-0.2, 0) is 11.2 Å². The van der Waals surface area contributed by atoms with E-state index in [0.717, 1.165) is 3.57 Å². The van der Waals surface area contributed by atoms with Crippen LogP contribution >= 0.6 is 22.6 Å². The molecule has 1 amide bonds. The van der Waals surface area contributed by atoms with Crippen molar-refractivity contribution in [2.24, 2.45) is 0 Å². The standard InChI is InChI=1S/C10H9F3INO/c11-10(12,13)6-15-9(16)5-7-1-3-8(14)4-2-7/h1-4H,5-6H2,(H,15,16). The molecule has 1 aromatic carbocycles. The van der Waals surface area contributed by atoms with Gasteiger partial charge < -0.3 is 5.32 Å². The van der Waals surface area contributed by atoms with Gasteiger partial charge >= 0.3 is 6.18 Å². The number of rotatable bonds is 3. The quantitative estimate of drug-likeness (QED) is 0.840. The summed E-state index contributed by atoms with van der Waals surface area (Å²) in [4.78, 5) is 11.1. The number of amides is 1. The average molecular weight is 343 g/mol. The van der Waals surface area contributed by atoms with Gasteiger partial charge in [0, 0.05) is 3.57 Å². The topological polar surface area (TPSA) is 29.1 Å². The van der Waals surface area contributed by atoms with Crippen molar-refractivity contribution in [1.29, 1.82) is 0 Å². The Morgan fingerprint density at radius 1 is 1.25 bits per heavy atom. The maximum atomic E-state index is 11.8. The first-order valence-corrected chi connectivity index (χ1v) is 5.52. The van der Waals surface area contributed by atoms with Gasteiger partial charge in [-0.25, -0.2) is 0 Å². The molecule has 0 saturated carbocycles. The zero-order valence-corrected chi connectivity index (χ0v) is 10.3. The predicted octanol–water partition coefficient (Wildman–Crippen LogP) is 2.51. The van der Waals surface area contributed by atoms with Crippen LogP contribution < -0.4 is 5.32 Å². The fraction of sp³-hybridized carbons (Fsp3) is 0.300. The summed E-state index contributed by atoms with van der Waals surface area (Å²) in [5.41, 5.74) is 0.695. The maximum absolute atomic E-state index is 11.8. The minimum Gasteiger partial charge on any atom is -0.347 e. The van der Waals surface area contributed by atoms with Crippen LogP contribution in [0.4, 0.5) is 13.2 Å². The Morgan fingerprint density at radius 2 is 1.81 bits per heavy atom. The Balaban J connectivity index is 2.43. The van der Waals surface area contributed by atoms with Crippen LogP contribution in [-0.4, -0.2) is 18.6 Å². The predicted molar refractivity (Wildman–Crippen MR) is 61.9 cm³/mol. The Morgan fingerprint density at radius 3 is 2.31 bits per heavy atom. The molecule has 0 spiro atoms. The number of carbonyl (C=O) groups is 1. The molecule has 2 nitrogen and oxygen atoms in total. The number of hydrogen-bond acceptors (Lipinski definition) is 1. The molecule has 88 valence electrons. The first-order chi connectivity index (χ1) is 7.37. The molecule has 1 rings (SSSR count). The minimum atomic E-state index is -4.36. The van der Waals surface area contributed by atoms with Gasteiger partial charge in [-0.15, -0.1) is 0 Å². The van der Waals surface area contributed by atoms with E-state index in [4.69, 9.17) is 0 Å². The van der Waals surface area contributed by atoms with Crippen LogP contribution in [0.15, 0.2) is 24.3 Å². The molecule has 0 atom stereocenters. The van der Waals surface area contributed by atoms with E-state index in [0.29, 0.717) is 5.56 Å². The molecule has 0 unspecified atom stereocenters. The molecule has 0 saturated heterocycles. The molecule has 0 aliphatic rings. The third-order valence-electron chi connectivity index (χ3n) is 1.76. The normalized spacial score (nSPS) is 11.2. The fourth-order valence-corrected chi connectivity index (χ4v) is 1.41. The molecule has 0 aromatic heterocycles. The van der Waals surface area contributed by atoms with Gasteiger partial charge in [0.2, 0.25) is 5.91 Å². The summed E-state index contributed by atoms with van der Waals surface area (Å²) in [5, 5.41) is 1.82. The highest BCUT2D eigenvalue weighted by atomic mass is 127. The minimum absolute atomic E-state index is 0.0347. The van der Waals surface area contributed by atoms with E-state index >= 15 is 0 Å². The monoisotopic (exact) mass is 343 g/mol. The molecule has 0 bridgehead atoms. The summed E-state index contributed by atoms with van der Waals surface area (Å²) >= 11 is 2.11. The third kappa shape index (κ3) is 5.34. The van der Waals surface area contributed by atoms with Crippen LogP contribution in [0.2, 0.25) is 0 Å². The Bertz CT molecular complexity index is 361. The van der Waals surface area contributed by atoms with Crippen molar-refractivity contribution in [2.45, 2.75) is 12.6 Å². The lowest BCUT2D eigenvalue weighted by Gasteiger charge is -2.08. The maximum Gasteiger partial charge on any atom is 0.405 e. The summed E-state index contributed by atoms with van der Waals surface area (Å²) in [6, 6.07) is 7.03. The number of hydrogen-bond donors (Lipinski definition) is 1.